The van der Waals surface area contributed by atoms with E-state index in [-0.39, 0.29) is 18.2 Å². The number of benzene rings is 1. The van der Waals surface area contributed by atoms with E-state index >= 15 is 0 Å². The van der Waals surface area contributed by atoms with Gasteiger partial charge in [-0.25, -0.2) is 0 Å². The van der Waals surface area contributed by atoms with Crippen LogP contribution < -0.4 is 5.32 Å². The molecule has 0 aliphatic rings. The molecule has 0 aromatic heterocycles. The molecular weight excluding hydrogens is 321 g/mol. The largest absolute Gasteiger partial charge is 0.481 e. The topological polar surface area (TPSA) is 66.4 Å². The van der Waals surface area contributed by atoms with E-state index in [1.54, 1.807) is 25.1 Å². The summed E-state index contributed by atoms with van der Waals surface area (Å²) in [7, 11) is 0. The van der Waals surface area contributed by atoms with Gasteiger partial charge < -0.3 is 10.4 Å². The number of amides is 1. The Bertz CT molecular complexity index is 444. The molecule has 0 heterocycles. The normalized spacial score (nSPS) is 11.9. The Hall–Kier alpha value is -1.07. The quantitative estimate of drug-likeness (QED) is 0.870. The summed E-state index contributed by atoms with van der Waals surface area (Å²) in [4.78, 5) is 22.3. The molecule has 4 nitrogen and oxygen atoms in total. The fraction of sp³-hybridized carbons (Fsp3) is 0.333. The molecule has 18 heavy (non-hydrogen) atoms. The lowest BCUT2D eigenvalue weighted by Crippen LogP contribution is -2.29. The van der Waals surface area contributed by atoms with Gasteiger partial charge in [-0.1, -0.05) is 34.5 Å². The van der Waals surface area contributed by atoms with Crippen LogP contribution in [0.15, 0.2) is 22.7 Å². The van der Waals surface area contributed by atoms with Crippen molar-refractivity contribution in [2.45, 2.75) is 13.3 Å². The van der Waals surface area contributed by atoms with Crippen molar-refractivity contribution in [1.82, 2.24) is 5.32 Å². The number of carboxylic acids is 1. The molecule has 0 radical (unpaired) electrons. The molecule has 98 valence electrons. The highest BCUT2D eigenvalue weighted by Crippen LogP contribution is 2.19. The van der Waals surface area contributed by atoms with E-state index in [1.165, 1.54) is 0 Å². The molecule has 2 N–H and O–H groups in total. The zero-order chi connectivity index (χ0) is 13.7. The van der Waals surface area contributed by atoms with Gasteiger partial charge in [0.15, 0.2) is 0 Å². The number of carbonyl (C=O) groups excluding carboxylic acids is 1. The standard InChI is InChI=1S/C12H13BrClNO3/c1-7(2-11(16)17)6-15-12(18)8-3-9(13)5-10(14)4-8/h3-5,7H,2,6H2,1H3,(H,15,18)(H,16,17). The number of carbonyl (C=O) groups is 2. The third-order valence-electron chi connectivity index (χ3n) is 2.26. The lowest BCUT2D eigenvalue weighted by Gasteiger charge is -2.10. The summed E-state index contributed by atoms with van der Waals surface area (Å²) in [5.74, 6) is -1.26. The Labute approximate surface area is 118 Å². The first-order chi connectivity index (χ1) is 8.38. The maximum absolute atomic E-state index is 11.8. The molecule has 0 aliphatic carbocycles. The summed E-state index contributed by atoms with van der Waals surface area (Å²) in [5, 5.41) is 11.7. The second kappa shape index (κ2) is 6.75. The van der Waals surface area contributed by atoms with E-state index in [0.717, 1.165) is 4.47 Å². The van der Waals surface area contributed by atoms with Gasteiger partial charge >= 0.3 is 5.97 Å². The first kappa shape index (κ1) is 15.0. The molecule has 0 saturated heterocycles. The van der Waals surface area contributed by atoms with Crippen LogP contribution in [0.25, 0.3) is 0 Å². The molecule has 0 aliphatic heterocycles. The molecule has 1 aromatic carbocycles. The third-order valence-corrected chi connectivity index (χ3v) is 2.93. The number of nitrogens with one attached hydrogen (secondary N) is 1. The smallest absolute Gasteiger partial charge is 0.303 e. The van der Waals surface area contributed by atoms with Gasteiger partial charge in [-0.3, -0.25) is 9.59 Å². The van der Waals surface area contributed by atoms with Crippen molar-refractivity contribution < 1.29 is 14.7 Å². The minimum absolute atomic E-state index is 0.0273. The average molecular weight is 335 g/mol. The average Bonchev–Trinajstić information content (AvgIpc) is 2.23. The van der Waals surface area contributed by atoms with Crippen LogP contribution in [-0.2, 0) is 4.79 Å². The van der Waals surface area contributed by atoms with E-state index in [2.05, 4.69) is 21.2 Å². The van der Waals surface area contributed by atoms with E-state index in [9.17, 15) is 9.59 Å². The van der Waals surface area contributed by atoms with Crippen molar-refractivity contribution in [2.75, 3.05) is 6.54 Å². The van der Waals surface area contributed by atoms with Gasteiger partial charge in [-0.15, -0.1) is 0 Å². The second-order valence-electron chi connectivity index (χ2n) is 4.07. The van der Waals surface area contributed by atoms with E-state index in [4.69, 9.17) is 16.7 Å². The maximum Gasteiger partial charge on any atom is 0.303 e. The lowest BCUT2D eigenvalue weighted by atomic mass is 10.1. The highest BCUT2D eigenvalue weighted by atomic mass is 79.9. The van der Waals surface area contributed by atoms with Crippen LogP contribution in [0.3, 0.4) is 0 Å². The minimum Gasteiger partial charge on any atom is -0.481 e. The van der Waals surface area contributed by atoms with Crippen LogP contribution in [0.2, 0.25) is 5.02 Å². The van der Waals surface area contributed by atoms with Crippen molar-refractivity contribution in [3.63, 3.8) is 0 Å². The second-order valence-corrected chi connectivity index (χ2v) is 5.42. The summed E-state index contributed by atoms with van der Waals surface area (Å²) in [5.41, 5.74) is 0.442. The highest BCUT2D eigenvalue weighted by Gasteiger charge is 2.11. The molecule has 1 aromatic rings. The van der Waals surface area contributed by atoms with Crippen molar-refractivity contribution in [3.05, 3.63) is 33.3 Å². The predicted molar refractivity (Wildman–Crippen MR) is 72.9 cm³/mol. The van der Waals surface area contributed by atoms with Crippen molar-refractivity contribution in [3.8, 4) is 0 Å². The van der Waals surface area contributed by atoms with Crippen LogP contribution in [-0.4, -0.2) is 23.5 Å². The molecule has 6 heteroatoms. The van der Waals surface area contributed by atoms with Gasteiger partial charge in [0.2, 0.25) is 0 Å². The molecule has 0 saturated carbocycles. The third kappa shape index (κ3) is 5.06. The van der Waals surface area contributed by atoms with Crippen LogP contribution in [0, 0.1) is 5.92 Å². The summed E-state index contributed by atoms with van der Waals surface area (Å²) in [6.07, 6.45) is 0.0273. The van der Waals surface area contributed by atoms with Gasteiger partial charge in [-0.05, 0) is 24.1 Å². The number of halogens is 2. The highest BCUT2D eigenvalue weighted by molar-refractivity contribution is 9.10. The first-order valence-corrected chi connectivity index (χ1v) is 6.51. The fourth-order valence-corrected chi connectivity index (χ4v) is 2.28. The zero-order valence-corrected chi connectivity index (χ0v) is 12.1. The van der Waals surface area contributed by atoms with E-state index in [1.807, 2.05) is 0 Å². The SMILES string of the molecule is CC(CNC(=O)c1cc(Cl)cc(Br)c1)CC(=O)O. The van der Waals surface area contributed by atoms with Gasteiger partial charge in [0.25, 0.3) is 5.91 Å². The molecule has 0 spiro atoms. The fourth-order valence-electron chi connectivity index (χ4n) is 1.42. The molecule has 1 unspecified atom stereocenters. The van der Waals surface area contributed by atoms with Crippen molar-refractivity contribution in [1.29, 1.82) is 0 Å². The van der Waals surface area contributed by atoms with Gasteiger partial charge in [0, 0.05) is 28.0 Å². The Morgan fingerprint density at radius 2 is 2.11 bits per heavy atom. The van der Waals surface area contributed by atoms with Gasteiger partial charge in [-0.2, -0.15) is 0 Å². The van der Waals surface area contributed by atoms with Crippen molar-refractivity contribution in [2.24, 2.45) is 5.92 Å². The Morgan fingerprint density at radius 3 is 2.67 bits per heavy atom. The molecule has 0 bridgehead atoms. The number of hydrogen-bond donors (Lipinski definition) is 2. The number of carboxylic acid groups (broad SMARTS) is 1. The van der Waals surface area contributed by atoms with Crippen LogP contribution in [0.4, 0.5) is 0 Å². The number of rotatable bonds is 5. The van der Waals surface area contributed by atoms with E-state index in [0.29, 0.717) is 17.1 Å². The Morgan fingerprint density at radius 1 is 1.44 bits per heavy atom. The van der Waals surface area contributed by atoms with Crippen molar-refractivity contribution >= 4 is 39.4 Å². The molecule has 1 amide bonds. The van der Waals surface area contributed by atoms with Crippen LogP contribution in [0.1, 0.15) is 23.7 Å². The summed E-state index contributed by atoms with van der Waals surface area (Å²) < 4.78 is 0.721. The Kier molecular flexibility index (Phi) is 5.62. The summed E-state index contributed by atoms with van der Waals surface area (Å²) >= 11 is 9.09. The Balaban J connectivity index is 2.57. The zero-order valence-electron chi connectivity index (χ0n) is 9.74. The molecule has 1 atom stereocenters. The van der Waals surface area contributed by atoms with Crippen LogP contribution in [0.5, 0.6) is 0 Å². The lowest BCUT2D eigenvalue weighted by molar-refractivity contribution is -0.137. The minimum atomic E-state index is -0.873. The first-order valence-electron chi connectivity index (χ1n) is 5.34. The number of hydrogen-bond acceptors (Lipinski definition) is 2. The number of aliphatic carboxylic acids is 1. The monoisotopic (exact) mass is 333 g/mol. The van der Waals surface area contributed by atoms with Crippen LogP contribution >= 0.6 is 27.5 Å². The van der Waals surface area contributed by atoms with E-state index < -0.39 is 5.97 Å². The molecule has 0 fully saturated rings. The summed E-state index contributed by atoms with van der Waals surface area (Å²) in [6.45, 7) is 2.08. The van der Waals surface area contributed by atoms with Gasteiger partial charge in [0.1, 0.15) is 0 Å². The summed E-state index contributed by atoms with van der Waals surface area (Å²) in [6, 6.07) is 4.90. The molecule has 1 rings (SSSR count). The van der Waals surface area contributed by atoms with Gasteiger partial charge in [0.05, 0.1) is 0 Å². The maximum atomic E-state index is 11.8. The predicted octanol–water partition coefficient (Wildman–Crippen LogP) is 2.94. The molecular formula is C12H13BrClNO3.